The van der Waals surface area contributed by atoms with E-state index in [-0.39, 0.29) is 18.2 Å². The number of nitrogens with two attached hydrogens (primary N) is 1. The normalized spacial score (nSPS) is 17.3. The average Bonchev–Trinajstić information content (AvgIpc) is 2.54. The van der Waals surface area contributed by atoms with Crippen LogP contribution in [0.25, 0.3) is 0 Å². The first-order valence-electron chi connectivity index (χ1n) is 8.03. The van der Waals surface area contributed by atoms with Gasteiger partial charge < -0.3 is 11.1 Å². The average molecular weight is 342 g/mol. The maximum absolute atomic E-state index is 12.8. The van der Waals surface area contributed by atoms with Crippen LogP contribution in [0.3, 0.4) is 0 Å². The molecule has 0 aromatic heterocycles. The molecule has 0 radical (unpaired) electrons. The second-order valence-electron chi connectivity index (χ2n) is 6.20. The van der Waals surface area contributed by atoms with Crippen LogP contribution in [0.15, 0.2) is 24.3 Å². The Labute approximate surface area is 138 Å². The molecule has 4 nitrogen and oxygen atoms in total. The molecule has 0 saturated heterocycles. The second kappa shape index (κ2) is 7.68. The predicted molar refractivity (Wildman–Crippen MR) is 82.8 cm³/mol. The van der Waals surface area contributed by atoms with E-state index >= 15 is 0 Å². The highest BCUT2D eigenvalue weighted by Gasteiger charge is 2.31. The first kappa shape index (κ1) is 18.3. The fourth-order valence-corrected chi connectivity index (χ4v) is 2.99. The molecule has 132 valence electrons. The minimum Gasteiger partial charge on any atom is -0.368 e. The number of amides is 2. The lowest BCUT2D eigenvalue weighted by Gasteiger charge is -2.23. The summed E-state index contributed by atoms with van der Waals surface area (Å²) in [7, 11) is 0. The fourth-order valence-electron chi connectivity index (χ4n) is 2.99. The van der Waals surface area contributed by atoms with Crippen molar-refractivity contribution in [3.8, 4) is 0 Å². The summed E-state index contributed by atoms with van der Waals surface area (Å²) in [5.41, 5.74) is 4.82. The van der Waals surface area contributed by atoms with Crippen LogP contribution in [0.1, 0.15) is 43.2 Å². The van der Waals surface area contributed by atoms with Crippen molar-refractivity contribution in [3.63, 3.8) is 0 Å². The summed E-state index contributed by atoms with van der Waals surface area (Å²) >= 11 is 0. The highest BCUT2D eigenvalue weighted by Crippen LogP contribution is 2.30. The molecular weight excluding hydrogens is 321 g/mol. The van der Waals surface area contributed by atoms with E-state index in [4.69, 9.17) is 5.73 Å². The Morgan fingerprint density at radius 1 is 1.21 bits per heavy atom. The number of carbonyl (C=O) groups excluding carboxylic acids is 2. The highest BCUT2D eigenvalue weighted by molar-refractivity contribution is 5.87. The fraction of sp³-hybridized carbons (Fsp3) is 0.529. The molecule has 2 amide bonds. The Hall–Kier alpha value is -2.05. The monoisotopic (exact) mass is 342 g/mol. The molecule has 0 bridgehead atoms. The van der Waals surface area contributed by atoms with Crippen LogP contribution in [0.2, 0.25) is 0 Å². The Kier molecular flexibility index (Phi) is 5.85. The van der Waals surface area contributed by atoms with E-state index in [1.807, 2.05) is 0 Å². The van der Waals surface area contributed by atoms with Gasteiger partial charge in [0.05, 0.1) is 5.56 Å². The molecule has 24 heavy (non-hydrogen) atoms. The SMILES string of the molecule is NC(=O)[C@H](Cc1cccc(C(F)(F)F)c1)NC(=O)C1CCCCC1. The van der Waals surface area contributed by atoms with Gasteiger partial charge in [0.25, 0.3) is 0 Å². The molecule has 1 aliphatic rings. The molecule has 1 aromatic rings. The lowest BCUT2D eigenvalue weighted by molar-refractivity contribution is -0.137. The van der Waals surface area contributed by atoms with Gasteiger partial charge >= 0.3 is 6.18 Å². The van der Waals surface area contributed by atoms with Gasteiger partial charge in [0, 0.05) is 12.3 Å². The highest BCUT2D eigenvalue weighted by atomic mass is 19.4. The van der Waals surface area contributed by atoms with E-state index in [0.29, 0.717) is 5.56 Å². The number of carbonyl (C=O) groups is 2. The number of halogens is 3. The maximum atomic E-state index is 12.8. The van der Waals surface area contributed by atoms with Crippen LogP contribution in [0, 0.1) is 5.92 Å². The van der Waals surface area contributed by atoms with E-state index in [1.54, 1.807) is 0 Å². The summed E-state index contributed by atoms with van der Waals surface area (Å²) < 4.78 is 38.3. The summed E-state index contributed by atoms with van der Waals surface area (Å²) in [4.78, 5) is 23.8. The van der Waals surface area contributed by atoms with Crippen LogP contribution >= 0.6 is 0 Å². The maximum Gasteiger partial charge on any atom is 0.416 e. The molecule has 1 saturated carbocycles. The zero-order valence-electron chi connectivity index (χ0n) is 13.2. The van der Waals surface area contributed by atoms with Crippen molar-refractivity contribution in [3.05, 3.63) is 35.4 Å². The van der Waals surface area contributed by atoms with Crippen LogP contribution in [0.5, 0.6) is 0 Å². The predicted octanol–water partition coefficient (Wildman–Crippen LogP) is 2.80. The van der Waals surface area contributed by atoms with E-state index in [2.05, 4.69) is 5.32 Å². The molecule has 0 aliphatic heterocycles. The number of primary amides is 1. The standard InChI is InChI=1S/C17H21F3N2O2/c18-17(19,20)13-8-4-5-11(9-13)10-14(15(21)23)22-16(24)12-6-2-1-3-7-12/h4-5,8-9,12,14H,1-3,6-7,10H2,(H2,21,23)(H,22,24)/t14-/m0/s1. The molecule has 3 N–H and O–H groups in total. The molecule has 1 atom stereocenters. The van der Waals surface area contributed by atoms with Gasteiger partial charge in [-0.05, 0) is 24.5 Å². The van der Waals surface area contributed by atoms with Gasteiger partial charge in [-0.15, -0.1) is 0 Å². The quantitative estimate of drug-likeness (QED) is 0.864. The summed E-state index contributed by atoms with van der Waals surface area (Å²) in [6.07, 6.45) is 0.0379. The van der Waals surface area contributed by atoms with Crippen molar-refractivity contribution >= 4 is 11.8 Å². The van der Waals surface area contributed by atoms with Gasteiger partial charge in [-0.25, -0.2) is 0 Å². The van der Waals surface area contributed by atoms with Gasteiger partial charge in [-0.2, -0.15) is 13.2 Å². The van der Waals surface area contributed by atoms with Crippen LogP contribution < -0.4 is 11.1 Å². The van der Waals surface area contributed by atoms with E-state index in [9.17, 15) is 22.8 Å². The molecular formula is C17H21F3N2O2. The Bertz CT molecular complexity index is 596. The number of alkyl halides is 3. The molecule has 0 heterocycles. The number of benzene rings is 1. The summed E-state index contributed by atoms with van der Waals surface area (Å²) in [5.74, 6) is -1.15. The molecule has 2 rings (SSSR count). The third-order valence-electron chi connectivity index (χ3n) is 4.33. The van der Waals surface area contributed by atoms with Crippen molar-refractivity contribution in [2.45, 2.75) is 50.7 Å². The van der Waals surface area contributed by atoms with Crippen molar-refractivity contribution in [1.29, 1.82) is 0 Å². The third kappa shape index (κ3) is 4.97. The van der Waals surface area contributed by atoms with Crippen molar-refractivity contribution in [2.24, 2.45) is 11.7 Å². The topological polar surface area (TPSA) is 72.2 Å². The molecule has 7 heteroatoms. The van der Waals surface area contributed by atoms with Crippen molar-refractivity contribution in [1.82, 2.24) is 5.32 Å². The van der Waals surface area contributed by atoms with E-state index in [1.165, 1.54) is 12.1 Å². The summed E-state index contributed by atoms with van der Waals surface area (Å²) in [5, 5.41) is 2.60. The zero-order valence-corrected chi connectivity index (χ0v) is 13.2. The zero-order chi connectivity index (χ0) is 17.7. The van der Waals surface area contributed by atoms with Gasteiger partial charge in [0.2, 0.25) is 11.8 Å². The first-order valence-corrected chi connectivity index (χ1v) is 8.03. The molecule has 0 spiro atoms. The van der Waals surface area contributed by atoms with Crippen LogP contribution in [-0.2, 0) is 22.2 Å². The summed E-state index contributed by atoms with van der Waals surface area (Å²) in [6, 6.07) is 3.69. The van der Waals surface area contributed by atoms with Gasteiger partial charge in [0.1, 0.15) is 6.04 Å². The smallest absolute Gasteiger partial charge is 0.368 e. The number of rotatable bonds is 5. The number of hydrogen-bond donors (Lipinski definition) is 2. The van der Waals surface area contributed by atoms with E-state index in [0.717, 1.165) is 44.2 Å². The summed E-state index contributed by atoms with van der Waals surface area (Å²) in [6.45, 7) is 0. The number of hydrogen-bond acceptors (Lipinski definition) is 2. The molecule has 1 fully saturated rings. The Morgan fingerprint density at radius 3 is 2.46 bits per heavy atom. The molecule has 1 aliphatic carbocycles. The van der Waals surface area contributed by atoms with Crippen molar-refractivity contribution in [2.75, 3.05) is 0 Å². The largest absolute Gasteiger partial charge is 0.416 e. The molecule has 0 unspecified atom stereocenters. The second-order valence-corrected chi connectivity index (χ2v) is 6.20. The minimum atomic E-state index is -4.45. The lowest BCUT2D eigenvalue weighted by Crippen LogP contribution is -2.48. The van der Waals surface area contributed by atoms with Crippen molar-refractivity contribution < 1.29 is 22.8 Å². The Balaban J connectivity index is 2.06. The van der Waals surface area contributed by atoms with Crippen LogP contribution in [-0.4, -0.2) is 17.9 Å². The van der Waals surface area contributed by atoms with E-state index < -0.39 is 23.7 Å². The van der Waals surface area contributed by atoms with Crippen LogP contribution in [0.4, 0.5) is 13.2 Å². The third-order valence-corrected chi connectivity index (χ3v) is 4.33. The van der Waals surface area contributed by atoms with Gasteiger partial charge in [-0.3, -0.25) is 9.59 Å². The van der Waals surface area contributed by atoms with Gasteiger partial charge in [0.15, 0.2) is 0 Å². The minimum absolute atomic E-state index is 0.0578. The van der Waals surface area contributed by atoms with Gasteiger partial charge in [-0.1, -0.05) is 37.5 Å². The first-order chi connectivity index (χ1) is 11.3. The molecule has 1 aromatic carbocycles. The number of nitrogens with one attached hydrogen (secondary N) is 1. The lowest BCUT2D eigenvalue weighted by atomic mass is 9.88. The Morgan fingerprint density at radius 2 is 1.88 bits per heavy atom.